The summed E-state index contributed by atoms with van der Waals surface area (Å²) in [4.78, 5) is 29.7. The van der Waals surface area contributed by atoms with Crippen LogP contribution in [0.15, 0.2) is 54.6 Å². The van der Waals surface area contributed by atoms with Gasteiger partial charge in [-0.1, -0.05) is 35.1 Å². The van der Waals surface area contributed by atoms with Crippen LogP contribution in [0.2, 0.25) is 5.02 Å². The number of anilines is 1. The first-order chi connectivity index (χ1) is 20.2. The Morgan fingerprint density at radius 1 is 0.929 bits per heavy atom. The summed E-state index contributed by atoms with van der Waals surface area (Å²) in [5.74, 6) is 1.23. The summed E-state index contributed by atoms with van der Waals surface area (Å²) in [5, 5.41) is 8.36. The summed E-state index contributed by atoms with van der Waals surface area (Å²) in [5.41, 5.74) is 3.96. The molecule has 0 fully saturated rings. The molecule has 0 unspecified atom stereocenters. The maximum atomic E-state index is 12.7. The Morgan fingerprint density at radius 3 is 2.31 bits per heavy atom. The molecule has 0 atom stereocenters. The number of halogens is 1. The maximum Gasteiger partial charge on any atom is 0.264 e. The molecular formula is C30H27ClN4O6S. The van der Waals surface area contributed by atoms with E-state index in [0.717, 1.165) is 10.3 Å². The predicted molar refractivity (Wildman–Crippen MR) is 163 cm³/mol. The zero-order valence-corrected chi connectivity index (χ0v) is 25.1. The molecule has 216 valence electrons. The third-order valence-corrected chi connectivity index (χ3v) is 7.59. The number of nitrogens with zero attached hydrogens (tertiary/aromatic N) is 3. The van der Waals surface area contributed by atoms with E-state index in [1.807, 2.05) is 25.1 Å². The molecule has 12 heteroatoms. The number of thiazole rings is 1. The first kappa shape index (κ1) is 28.9. The number of amides is 1. The van der Waals surface area contributed by atoms with Crippen molar-refractivity contribution in [1.29, 1.82) is 0 Å². The molecule has 0 aliphatic rings. The number of benzene rings is 3. The smallest absolute Gasteiger partial charge is 0.264 e. The SMILES string of the molecule is COc1cc(-c2cc(-c3ccc(C)c(OCC(=O)Nc4nc5cc(Cl)ccc5s4)c3)n(C(C)=O)n2)cc(OC)c1OC. The van der Waals surface area contributed by atoms with Crippen LogP contribution in [-0.4, -0.2) is 54.5 Å². The summed E-state index contributed by atoms with van der Waals surface area (Å²) in [6.07, 6.45) is 0. The summed E-state index contributed by atoms with van der Waals surface area (Å²) in [6, 6.07) is 16.2. The topological polar surface area (TPSA) is 114 Å². The molecule has 0 saturated heterocycles. The van der Waals surface area contributed by atoms with Crippen LogP contribution < -0.4 is 24.3 Å². The second-order valence-corrected chi connectivity index (χ2v) is 10.7. The first-order valence-corrected chi connectivity index (χ1v) is 13.9. The molecule has 0 aliphatic carbocycles. The van der Waals surface area contributed by atoms with E-state index in [1.165, 1.54) is 44.3 Å². The average molecular weight is 607 g/mol. The van der Waals surface area contributed by atoms with Gasteiger partial charge in [0, 0.05) is 23.1 Å². The van der Waals surface area contributed by atoms with Crippen molar-refractivity contribution < 1.29 is 28.5 Å². The van der Waals surface area contributed by atoms with Gasteiger partial charge in [-0.25, -0.2) is 4.98 Å². The Balaban J connectivity index is 1.40. The highest BCUT2D eigenvalue weighted by Gasteiger charge is 2.20. The number of hydrogen-bond donors (Lipinski definition) is 1. The van der Waals surface area contributed by atoms with Crippen molar-refractivity contribution >= 4 is 50.1 Å². The van der Waals surface area contributed by atoms with E-state index in [0.29, 0.717) is 61.2 Å². The van der Waals surface area contributed by atoms with Crippen molar-refractivity contribution in [3.05, 3.63) is 65.2 Å². The van der Waals surface area contributed by atoms with Crippen LogP contribution >= 0.6 is 22.9 Å². The van der Waals surface area contributed by atoms with Crippen LogP contribution in [-0.2, 0) is 4.79 Å². The third kappa shape index (κ3) is 5.88. The fourth-order valence-electron chi connectivity index (χ4n) is 4.36. The molecule has 1 amide bonds. The fourth-order valence-corrected chi connectivity index (χ4v) is 5.39. The minimum Gasteiger partial charge on any atom is -0.493 e. The van der Waals surface area contributed by atoms with Crippen LogP contribution in [0.1, 0.15) is 17.3 Å². The van der Waals surface area contributed by atoms with Crippen molar-refractivity contribution in [2.24, 2.45) is 0 Å². The number of aromatic nitrogens is 3. The Bertz CT molecular complexity index is 1790. The van der Waals surface area contributed by atoms with Gasteiger partial charge < -0.3 is 18.9 Å². The Labute approximate surface area is 250 Å². The van der Waals surface area contributed by atoms with Crippen LogP contribution in [0.4, 0.5) is 5.13 Å². The summed E-state index contributed by atoms with van der Waals surface area (Å²) >= 11 is 7.39. The van der Waals surface area contributed by atoms with E-state index >= 15 is 0 Å². The van der Waals surface area contributed by atoms with Gasteiger partial charge in [-0.15, -0.1) is 0 Å². The van der Waals surface area contributed by atoms with E-state index in [2.05, 4.69) is 15.4 Å². The van der Waals surface area contributed by atoms with Gasteiger partial charge in [0.15, 0.2) is 23.2 Å². The van der Waals surface area contributed by atoms with Gasteiger partial charge in [-0.2, -0.15) is 9.78 Å². The van der Waals surface area contributed by atoms with Gasteiger partial charge in [0.1, 0.15) is 5.75 Å². The maximum absolute atomic E-state index is 12.7. The van der Waals surface area contributed by atoms with Crippen LogP contribution in [0.25, 0.3) is 32.7 Å². The Morgan fingerprint density at radius 2 is 1.64 bits per heavy atom. The van der Waals surface area contributed by atoms with E-state index in [9.17, 15) is 9.59 Å². The number of fused-ring (bicyclic) bond motifs is 1. The van der Waals surface area contributed by atoms with Crippen molar-refractivity contribution in [1.82, 2.24) is 14.8 Å². The number of rotatable bonds is 9. The highest BCUT2D eigenvalue weighted by molar-refractivity contribution is 7.22. The summed E-state index contributed by atoms with van der Waals surface area (Å²) < 4.78 is 24.5. The van der Waals surface area contributed by atoms with E-state index in [4.69, 9.17) is 30.5 Å². The van der Waals surface area contributed by atoms with E-state index in [-0.39, 0.29) is 18.4 Å². The standard InChI is InChI=1S/C30H27ClN4O6S/c1-16-6-7-18(10-24(16)41-15-28(37)33-30-32-22-13-20(31)8-9-27(22)42-30)23-14-21(34-35(23)17(2)36)19-11-25(38-3)29(40-5)26(12-19)39-4/h6-14H,15H2,1-5H3,(H,32,33,37). The van der Waals surface area contributed by atoms with Crippen LogP contribution in [0.5, 0.6) is 23.0 Å². The predicted octanol–water partition coefficient (Wildman–Crippen LogP) is 6.49. The summed E-state index contributed by atoms with van der Waals surface area (Å²) in [7, 11) is 4.59. The molecule has 0 spiro atoms. The number of carbonyl (C=O) groups is 2. The lowest BCUT2D eigenvalue weighted by Gasteiger charge is -2.13. The molecular weight excluding hydrogens is 580 g/mol. The summed E-state index contributed by atoms with van der Waals surface area (Å²) in [6.45, 7) is 3.07. The van der Waals surface area contributed by atoms with Crippen LogP contribution in [0, 0.1) is 6.92 Å². The molecule has 0 aliphatic heterocycles. The quantitative estimate of drug-likeness (QED) is 0.202. The monoisotopic (exact) mass is 606 g/mol. The van der Waals surface area contributed by atoms with Gasteiger partial charge in [-0.3, -0.25) is 14.9 Å². The molecule has 2 aromatic heterocycles. The number of hydrogen-bond acceptors (Lipinski definition) is 9. The number of nitrogens with one attached hydrogen (secondary N) is 1. The van der Waals surface area contributed by atoms with Crippen molar-refractivity contribution in [2.45, 2.75) is 13.8 Å². The normalized spacial score (nSPS) is 10.9. The number of methoxy groups -OCH3 is 3. The number of ether oxygens (including phenoxy) is 4. The molecule has 5 aromatic rings. The molecule has 10 nitrogen and oxygen atoms in total. The molecule has 2 heterocycles. The highest BCUT2D eigenvalue weighted by atomic mass is 35.5. The number of carbonyl (C=O) groups excluding carboxylic acids is 2. The first-order valence-electron chi connectivity index (χ1n) is 12.7. The Kier molecular flexibility index (Phi) is 8.32. The highest BCUT2D eigenvalue weighted by Crippen LogP contribution is 2.41. The lowest BCUT2D eigenvalue weighted by Crippen LogP contribution is -2.20. The van der Waals surface area contributed by atoms with Gasteiger partial charge in [-0.05, 0) is 55.0 Å². The average Bonchev–Trinajstić information content (AvgIpc) is 3.60. The second kappa shape index (κ2) is 12.1. The van der Waals surface area contributed by atoms with Crippen LogP contribution in [0.3, 0.4) is 0 Å². The minimum absolute atomic E-state index is 0.233. The molecule has 42 heavy (non-hydrogen) atoms. The van der Waals surface area contributed by atoms with Crippen molar-refractivity contribution in [3.63, 3.8) is 0 Å². The van der Waals surface area contributed by atoms with Crippen molar-refractivity contribution in [2.75, 3.05) is 33.3 Å². The van der Waals surface area contributed by atoms with Gasteiger partial charge in [0.05, 0.1) is 42.9 Å². The van der Waals surface area contributed by atoms with E-state index < -0.39 is 0 Å². The Hall–Kier alpha value is -4.61. The largest absolute Gasteiger partial charge is 0.493 e. The molecule has 3 aromatic carbocycles. The van der Waals surface area contributed by atoms with Gasteiger partial charge >= 0.3 is 0 Å². The van der Waals surface area contributed by atoms with Crippen molar-refractivity contribution in [3.8, 4) is 45.5 Å². The molecule has 0 saturated carbocycles. The third-order valence-electron chi connectivity index (χ3n) is 6.41. The van der Waals surface area contributed by atoms with Gasteiger partial charge in [0.2, 0.25) is 11.7 Å². The molecule has 0 bridgehead atoms. The molecule has 0 radical (unpaired) electrons. The zero-order chi connectivity index (χ0) is 30.0. The zero-order valence-electron chi connectivity index (χ0n) is 23.5. The number of aryl methyl sites for hydroxylation is 1. The lowest BCUT2D eigenvalue weighted by molar-refractivity contribution is -0.118. The lowest BCUT2D eigenvalue weighted by atomic mass is 10.1. The fraction of sp³-hybridized carbons (Fsp3) is 0.200. The minimum atomic E-state index is -0.358. The molecule has 5 rings (SSSR count). The van der Waals surface area contributed by atoms with Gasteiger partial charge in [0.25, 0.3) is 5.91 Å². The molecule has 1 N–H and O–H groups in total. The second-order valence-electron chi connectivity index (χ2n) is 9.21. The van der Waals surface area contributed by atoms with E-state index in [1.54, 1.807) is 36.4 Å².